The molecule has 0 radical (unpaired) electrons. The summed E-state index contributed by atoms with van der Waals surface area (Å²) < 4.78 is 34.8. The molecule has 0 amide bonds. The Bertz CT molecular complexity index is 496. The highest BCUT2D eigenvalue weighted by molar-refractivity contribution is 5.14. The van der Waals surface area contributed by atoms with Crippen molar-refractivity contribution in [2.75, 3.05) is 19.8 Å². The van der Waals surface area contributed by atoms with E-state index in [2.05, 4.69) is 10.6 Å². The third kappa shape index (κ3) is 3.39. The van der Waals surface area contributed by atoms with E-state index < -0.39 is 59.9 Å². The summed E-state index contributed by atoms with van der Waals surface area (Å²) in [5, 5.41) is 45.1. The maximum absolute atomic E-state index is 14.7. The number of halogens is 2. The Labute approximate surface area is 152 Å². The zero-order valence-corrected chi connectivity index (χ0v) is 15.7. The highest BCUT2D eigenvalue weighted by Crippen LogP contribution is 2.41. The lowest BCUT2D eigenvalue weighted by atomic mass is 9.81. The Morgan fingerprint density at radius 2 is 1.77 bits per heavy atom. The zero-order valence-electron chi connectivity index (χ0n) is 15.7. The van der Waals surface area contributed by atoms with Gasteiger partial charge in [-0.1, -0.05) is 13.8 Å². The molecule has 2 saturated heterocycles. The van der Waals surface area contributed by atoms with Gasteiger partial charge in [-0.25, -0.2) is 8.78 Å². The van der Waals surface area contributed by atoms with Gasteiger partial charge in [-0.3, -0.25) is 5.32 Å². The molecule has 0 aromatic carbocycles. The average Bonchev–Trinajstić information content (AvgIpc) is 2.91. The van der Waals surface area contributed by atoms with Gasteiger partial charge in [-0.15, -0.1) is 0 Å². The van der Waals surface area contributed by atoms with E-state index in [0.29, 0.717) is 6.42 Å². The van der Waals surface area contributed by atoms with Crippen molar-refractivity contribution in [1.82, 2.24) is 10.6 Å². The molecule has 0 bridgehead atoms. The standard InChI is InChI=1S/C17H32F2N2O5/c1-5-12-15(3,18)13(23)11(20-12)8-26-7-9(2)16(4)17(19,25)14(24)10(6-22)21-16/h9-14,20-25H,5-8H2,1-4H3/t9?,10-,11-,12+,13-,14-,15+,16+,17-/m1/s1. The SMILES string of the molecule is CC[C@@H]1N[C@H](COCC(C)[C@]2(C)N[C@H](CO)[C@@H](O)[C@]2(O)F)[C@@H](O)[C@@]1(C)F. The first-order valence-electron chi connectivity index (χ1n) is 9.12. The summed E-state index contributed by atoms with van der Waals surface area (Å²) in [7, 11) is 0. The number of alkyl halides is 2. The normalized spacial score (nSPS) is 50.3. The monoisotopic (exact) mass is 382 g/mol. The van der Waals surface area contributed by atoms with Gasteiger partial charge in [-0.05, 0) is 20.3 Å². The quantitative estimate of drug-likeness (QED) is 0.342. The molecule has 6 N–H and O–H groups in total. The summed E-state index contributed by atoms with van der Waals surface area (Å²) in [5.41, 5.74) is -3.30. The van der Waals surface area contributed by atoms with Crippen LogP contribution < -0.4 is 10.6 Å². The molecule has 1 unspecified atom stereocenters. The maximum atomic E-state index is 14.7. The van der Waals surface area contributed by atoms with Gasteiger partial charge >= 0.3 is 0 Å². The molecule has 0 aromatic heterocycles. The minimum atomic E-state index is -2.95. The number of hydrogen-bond acceptors (Lipinski definition) is 7. The smallest absolute Gasteiger partial charge is 0.252 e. The van der Waals surface area contributed by atoms with Gasteiger partial charge in [0.25, 0.3) is 5.85 Å². The molecule has 0 saturated carbocycles. The highest BCUT2D eigenvalue weighted by Gasteiger charge is 2.64. The Hall–Kier alpha value is -0.420. The first-order valence-corrected chi connectivity index (χ1v) is 9.12. The van der Waals surface area contributed by atoms with Gasteiger partial charge in [0, 0.05) is 12.0 Å². The van der Waals surface area contributed by atoms with Crippen molar-refractivity contribution < 1.29 is 33.9 Å². The first kappa shape index (κ1) is 21.9. The largest absolute Gasteiger partial charge is 0.395 e. The van der Waals surface area contributed by atoms with Crippen molar-refractivity contribution in [2.45, 2.75) is 81.5 Å². The third-order valence-electron chi connectivity index (χ3n) is 6.30. The summed E-state index contributed by atoms with van der Waals surface area (Å²) in [6.45, 7) is 5.72. The summed E-state index contributed by atoms with van der Waals surface area (Å²) in [6.07, 6.45) is -2.47. The highest BCUT2D eigenvalue weighted by atomic mass is 19.2. The van der Waals surface area contributed by atoms with Gasteiger partial charge in [0.05, 0.1) is 37.4 Å². The van der Waals surface area contributed by atoms with E-state index in [9.17, 15) is 29.2 Å². The van der Waals surface area contributed by atoms with Crippen molar-refractivity contribution in [1.29, 1.82) is 0 Å². The molecule has 0 aromatic rings. The van der Waals surface area contributed by atoms with Crippen molar-refractivity contribution in [2.24, 2.45) is 5.92 Å². The number of aliphatic hydroxyl groups excluding tert-OH is 3. The van der Waals surface area contributed by atoms with Crippen LogP contribution in [0.2, 0.25) is 0 Å². The van der Waals surface area contributed by atoms with Crippen molar-refractivity contribution >= 4 is 0 Å². The Morgan fingerprint density at radius 3 is 2.23 bits per heavy atom. The van der Waals surface area contributed by atoms with Crippen LogP contribution in [0.25, 0.3) is 0 Å². The van der Waals surface area contributed by atoms with E-state index in [1.165, 1.54) is 13.8 Å². The number of nitrogens with one attached hydrogen (secondary N) is 2. The molecule has 7 nitrogen and oxygen atoms in total. The van der Waals surface area contributed by atoms with Crippen molar-refractivity contribution in [3.8, 4) is 0 Å². The maximum Gasteiger partial charge on any atom is 0.252 e. The predicted octanol–water partition coefficient (Wildman–Crippen LogP) is -0.780. The van der Waals surface area contributed by atoms with Crippen LogP contribution in [0.4, 0.5) is 8.78 Å². The summed E-state index contributed by atoms with van der Waals surface area (Å²) >= 11 is 0. The molecule has 9 atom stereocenters. The fraction of sp³-hybridized carbons (Fsp3) is 1.00. The second kappa shape index (κ2) is 7.54. The lowest BCUT2D eigenvalue weighted by Gasteiger charge is -2.39. The molecular formula is C17H32F2N2O5. The molecule has 2 heterocycles. The van der Waals surface area contributed by atoms with Crippen LogP contribution in [-0.4, -0.2) is 87.6 Å². The second-order valence-corrected chi connectivity index (χ2v) is 8.02. The van der Waals surface area contributed by atoms with E-state index in [0.717, 1.165) is 0 Å². The third-order valence-corrected chi connectivity index (χ3v) is 6.30. The lowest BCUT2D eigenvalue weighted by molar-refractivity contribution is -0.201. The van der Waals surface area contributed by atoms with Crippen LogP contribution in [0.3, 0.4) is 0 Å². The van der Waals surface area contributed by atoms with E-state index in [4.69, 9.17) is 4.74 Å². The van der Waals surface area contributed by atoms with Crippen LogP contribution in [0.1, 0.15) is 34.1 Å². The molecule has 2 aliphatic rings. The molecule has 0 aliphatic carbocycles. The number of ether oxygens (including phenoxy) is 1. The summed E-state index contributed by atoms with van der Waals surface area (Å²) in [4.78, 5) is 0. The van der Waals surface area contributed by atoms with Crippen LogP contribution >= 0.6 is 0 Å². The fourth-order valence-electron chi connectivity index (χ4n) is 4.08. The molecule has 2 rings (SSSR count). The van der Waals surface area contributed by atoms with Crippen LogP contribution in [0.5, 0.6) is 0 Å². The first-order chi connectivity index (χ1) is 11.9. The summed E-state index contributed by atoms with van der Waals surface area (Å²) in [6, 6.07) is -2.06. The number of hydrogen-bond donors (Lipinski definition) is 6. The van der Waals surface area contributed by atoms with Gasteiger partial charge < -0.3 is 30.5 Å². The van der Waals surface area contributed by atoms with Gasteiger partial charge in [-0.2, -0.15) is 0 Å². The Kier molecular flexibility index (Phi) is 6.34. The van der Waals surface area contributed by atoms with Gasteiger partial charge in [0.15, 0.2) is 5.67 Å². The van der Waals surface area contributed by atoms with Crippen molar-refractivity contribution in [3.63, 3.8) is 0 Å². The van der Waals surface area contributed by atoms with E-state index in [-0.39, 0.29) is 13.2 Å². The van der Waals surface area contributed by atoms with E-state index in [1.54, 1.807) is 6.92 Å². The second-order valence-electron chi connectivity index (χ2n) is 8.02. The molecule has 9 heteroatoms. The van der Waals surface area contributed by atoms with Crippen LogP contribution in [0.15, 0.2) is 0 Å². The minimum absolute atomic E-state index is 0.00525. The van der Waals surface area contributed by atoms with Gasteiger partial charge in [0.1, 0.15) is 12.2 Å². The number of aliphatic hydroxyl groups is 4. The molecule has 2 fully saturated rings. The number of rotatable bonds is 7. The molecule has 26 heavy (non-hydrogen) atoms. The summed E-state index contributed by atoms with van der Waals surface area (Å²) in [5.74, 6) is -3.53. The average molecular weight is 382 g/mol. The lowest BCUT2D eigenvalue weighted by Crippen LogP contribution is -2.59. The Balaban J connectivity index is 1.94. The Morgan fingerprint density at radius 1 is 1.15 bits per heavy atom. The predicted molar refractivity (Wildman–Crippen MR) is 91.0 cm³/mol. The minimum Gasteiger partial charge on any atom is -0.395 e. The van der Waals surface area contributed by atoms with Crippen LogP contribution in [0, 0.1) is 5.92 Å². The fourth-order valence-corrected chi connectivity index (χ4v) is 4.08. The molecule has 154 valence electrons. The van der Waals surface area contributed by atoms with E-state index in [1.807, 2.05) is 6.92 Å². The zero-order chi connectivity index (χ0) is 19.9. The van der Waals surface area contributed by atoms with Gasteiger partial charge in [0.2, 0.25) is 0 Å². The van der Waals surface area contributed by atoms with Crippen LogP contribution in [-0.2, 0) is 4.74 Å². The molecule has 0 spiro atoms. The van der Waals surface area contributed by atoms with E-state index >= 15 is 0 Å². The molecule has 2 aliphatic heterocycles. The topological polar surface area (TPSA) is 114 Å². The van der Waals surface area contributed by atoms with Crippen molar-refractivity contribution in [3.05, 3.63) is 0 Å². The molecular weight excluding hydrogens is 350 g/mol.